The van der Waals surface area contributed by atoms with Crippen molar-refractivity contribution in [3.63, 3.8) is 0 Å². The third-order valence-electron chi connectivity index (χ3n) is 8.44. The second kappa shape index (κ2) is 15.7. The van der Waals surface area contributed by atoms with Gasteiger partial charge in [-0.1, -0.05) is 32.9 Å². The number of hydrogen-bond donors (Lipinski definition) is 2. The Balaban J connectivity index is 0.000000204. The summed E-state index contributed by atoms with van der Waals surface area (Å²) in [6.45, 7) is 14.8. The second-order valence-corrected chi connectivity index (χ2v) is 12.7. The van der Waals surface area contributed by atoms with Crippen molar-refractivity contribution in [3.05, 3.63) is 76.7 Å². The molecule has 1 aromatic heterocycles. The molecule has 2 fully saturated rings. The Morgan fingerprint density at radius 2 is 1.75 bits per heavy atom. The summed E-state index contributed by atoms with van der Waals surface area (Å²) >= 11 is 0. The molecule has 8 nitrogen and oxygen atoms in total. The molecule has 1 amide bonds. The summed E-state index contributed by atoms with van der Waals surface area (Å²) in [5, 5.41) is 15.6. The van der Waals surface area contributed by atoms with Crippen LogP contribution in [-0.4, -0.2) is 60.0 Å². The lowest BCUT2D eigenvalue weighted by Gasteiger charge is -2.35. The Bertz CT molecular complexity index is 1420. The van der Waals surface area contributed by atoms with Crippen LogP contribution in [0.15, 0.2) is 48.7 Å². The molecular formula is C36H49N7O. The fourth-order valence-electron chi connectivity index (χ4n) is 5.42. The largest absolute Gasteiger partial charge is 0.369 e. The molecule has 2 aromatic carbocycles. The molecule has 1 saturated carbocycles. The molecule has 1 saturated heterocycles. The van der Waals surface area contributed by atoms with Gasteiger partial charge in [-0.25, -0.2) is 9.97 Å². The monoisotopic (exact) mass is 595 g/mol. The number of amides is 1. The highest BCUT2D eigenvalue weighted by atomic mass is 16.1. The van der Waals surface area contributed by atoms with Gasteiger partial charge in [0, 0.05) is 55.4 Å². The number of likely N-dealkylation sites (N-methyl/N-ethyl adjacent to an activating group) is 1. The summed E-state index contributed by atoms with van der Waals surface area (Å²) in [7, 11) is 2.16. The highest BCUT2D eigenvalue weighted by molar-refractivity contribution is 5.94. The molecule has 1 unspecified atom stereocenters. The van der Waals surface area contributed by atoms with Gasteiger partial charge in [0.25, 0.3) is 5.91 Å². The highest BCUT2D eigenvalue weighted by Gasteiger charge is 2.23. The van der Waals surface area contributed by atoms with Gasteiger partial charge in [-0.05, 0) is 106 Å². The number of nitrogens with zero attached hydrogens (tertiary/aromatic N) is 5. The predicted molar refractivity (Wildman–Crippen MR) is 180 cm³/mol. The van der Waals surface area contributed by atoms with Crippen LogP contribution in [0.25, 0.3) is 0 Å². The molecule has 1 aliphatic carbocycles. The van der Waals surface area contributed by atoms with Crippen LogP contribution >= 0.6 is 0 Å². The van der Waals surface area contributed by atoms with Crippen molar-refractivity contribution in [3.8, 4) is 6.07 Å². The normalized spacial score (nSPS) is 15.6. The van der Waals surface area contributed by atoms with Crippen LogP contribution in [0, 0.1) is 31.1 Å². The smallest absolute Gasteiger partial charge is 0.251 e. The number of aromatic nitrogens is 2. The van der Waals surface area contributed by atoms with Crippen molar-refractivity contribution >= 4 is 23.1 Å². The first-order chi connectivity index (χ1) is 21.2. The van der Waals surface area contributed by atoms with Crippen molar-refractivity contribution in [2.45, 2.75) is 78.7 Å². The van der Waals surface area contributed by atoms with E-state index in [0.717, 1.165) is 61.9 Å². The maximum absolute atomic E-state index is 12.2. The second-order valence-electron chi connectivity index (χ2n) is 12.7. The molecule has 5 rings (SSSR count). The van der Waals surface area contributed by atoms with E-state index in [1.165, 1.54) is 36.1 Å². The predicted octanol–water partition coefficient (Wildman–Crippen LogP) is 6.97. The summed E-state index contributed by atoms with van der Waals surface area (Å²) in [6, 6.07) is 16.8. The molecule has 2 aliphatic rings. The number of rotatable bonds is 10. The van der Waals surface area contributed by atoms with Gasteiger partial charge in [0.05, 0.1) is 5.69 Å². The van der Waals surface area contributed by atoms with E-state index in [0.29, 0.717) is 23.5 Å². The van der Waals surface area contributed by atoms with Crippen molar-refractivity contribution in [1.82, 2.24) is 20.2 Å². The first-order valence-electron chi connectivity index (χ1n) is 16.1. The molecule has 0 radical (unpaired) electrons. The van der Waals surface area contributed by atoms with E-state index >= 15 is 0 Å². The van der Waals surface area contributed by atoms with Crippen LogP contribution in [-0.2, 0) is 0 Å². The number of aryl methyl sites for hydroxylation is 2. The molecule has 2 heterocycles. The van der Waals surface area contributed by atoms with Gasteiger partial charge in [0.2, 0.25) is 0 Å². The number of carbonyl (C=O) groups excluding carboxylic acids is 1. The van der Waals surface area contributed by atoms with Crippen LogP contribution in [0.1, 0.15) is 91.7 Å². The van der Waals surface area contributed by atoms with Crippen LogP contribution in [0.2, 0.25) is 0 Å². The van der Waals surface area contributed by atoms with Gasteiger partial charge in [-0.3, -0.25) is 4.79 Å². The minimum Gasteiger partial charge on any atom is -0.369 e. The third kappa shape index (κ3) is 9.52. The van der Waals surface area contributed by atoms with Crippen molar-refractivity contribution < 1.29 is 4.79 Å². The summed E-state index contributed by atoms with van der Waals surface area (Å²) in [5.41, 5.74) is 6.66. The number of benzene rings is 2. The van der Waals surface area contributed by atoms with Crippen LogP contribution in [0.4, 0.5) is 17.2 Å². The summed E-state index contributed by atoms with van der Waals surface area (Å²) < 4.78 is 0. The lowest BCUT2D eigenvalue weighted by Crippen LogP contribution is -2.44. The Labute approximate surface area is 263 Å². The third-order valence-corrected chi connectivity index (χ3v) is 8.44. The first kappa shape index (κ1) is 32.9. The van der Waals surface area contributed by atoms with Gasteiger partial charge in [-0.15, -0.1) is 0 Å². The molecule has 0 bridgehead atoms. The number of nitrogens with one attached hydrogen (secondary N) is 2. The number of hydrogen-bond acceptors (Lipinski definition) is 7. The zero-order valence-electron chi connectivity index (χ0n) is 27.4. The molecule has 0 spiro atoms. The van der Waals surface area contributed by atoms with Crippen LogP contribution < -0.4 is 15.5 Å². The SMILES string of the molecule is CCC(CCC(C)C)NC(=O)c1ccc(C2CC2)cc1.Cc1cnc(C#N)c(Nc2ccc(N3CCN(C)CC3)c(C)c2)n1. The van der Waals surface area contributed by atoms with E-state index in [1.54, 1.807) is 6.20 Å². The lowest BCUT2D eigenvalue weighted by molar-refractivity contribution is 0.0932. The Kier molecular flexibility index (Phi) is 11.7. The zero-order valence-corrected chi connectivity index (χ0v) is 27.4. The number of carbonyl (C=O) groups is 1. The quantitative estimate of drug-likeness (QED) is 0.261. The Morgan fingerprint density at radius 1 is 1.05 bits per heavy atom. The van der Waals surface area contributed by atoms with Gasteiger partial charge >= 0.3 is 0 Å². The van der Waals surface area contributed by atoms with E-state index < -0.39 is 0 Å². The van der Waals surface area contributed by atoms with Gasteiger partial charge < -0.3 is 20.4 Å². The average Bonchev–Trinajstić information content (AvgIpc) is 3.86. The summed E-state index contributed by atoms with van der Waals surface area (Å²) in [6.07, 6.45) is 7.45. The van der Waals surface area contributed by atoms with Gasteiger partial charge in [-0.2, -0.15) is 5.26 Å². The van der Waals surface area contributed by atoms with Crippen molar-refractivity contribution in [1.29, 1.82) is 5.26 Å². The molecule has 1 aliphatic heterocycles. The Morgan fingerprint density at radius 3 is 2.34 bits per heavy atom. The highest BCUT2D eigenvalue weighted by Crippen LogP contribution is 2.39. The topological polar surface area (TPSA) is 97.2 Å². The Hall–Kier alpha value is -3.96. The minimum absolute atomic E-state index is 0.0722. The minimum atomic E-state index is 0.0722. The summed E-state index contributed by atoms with van der Waals surface area (Å²) in [4.78, 5) is 25.5. The fraction of sp³-hybridized carbons (Fsp3) is 0.500. The van der Waals surface area contributed by atoms with Gasteiger partial charge in [0.1, 0.15) is 6.07 Å². The molecular weight excluding hydrogens is 546 g/mol. The molecule has 3 aromatic rings. The molecule has 44 heavy (non-hydrogen) atoms. The van der Waals surface area contributed by atoms with E-state index in [4.69, 9.17) is 0 Å². The van der Waals surface area contributed by atoms with E-state index in [-0.39, 0.29) is 5.91 Å². The maximum atomic E-state index is 12.2. The summed E-state index contributed by atoms with van der Waals surface area (Å²) in [5.74, 6) is 2.02. The maximum Gasteiger partial charge on any atom is 0.251 e. The van der Waals surface area contributed by atoms with E-state index in [1.807, 2.05) is 25.1 Å². The fourth-order valence-corrected chi connectivity index (χ4v) is 5.42. The first-order valence-corrected chi connectivity index (χ1v) is 16.1. The van der Waals surface area contributed by atoms with Crippen LogP contribution in [0.3, 0.4) is 0 Å². The van der Waals surface area contributed by atoms with Crippen molar-refractivity contribution in [2.75, 3.05) is 43.4 Å². The molecule has 234 valence electrons. The zero-order chi connectivity index (χ0) is 31.6. The molecule has 8 heteroatoms. The molecule has 2 N–H and O–H groups in total. The van der Waals surface area contributed by atoms with E-state index in [9.17, 15) is 10.1 Å². The standard InChI is InChI=1S/C18H22N6.C18H27NO/c1-13-10-15(22-18-16(11-19)20-12-14(2)21-18)4-5-17(13)24-8-6-23(3)7-9-24;1-4-17(12-5-13(2)3)19-18(20)16-10-8-15(9-11-16)14-6-7-14/h4-5,10,12H,6-9H2,1-3H3,(H,21,22);8-11,13-14,17H,4-7,12H2,1-3H3,(H,19,20). The van der Waals surface area contributed by atoms with E-state index in [2.05, 4.69) is 95.5 Å². The number of piperazine rings is 1. The average molecular weight is 596 g/mol. The lowest BCUT2D eigenvalue weighted by atomic mass is 10.0. The van der Waals surface area contributed by atoms with Crippen LogP contribution in [0.5, 0.6) is 0 Å². The van der Waals surface area contributed by atoms with Gasteiger partial charge in [0.15, 0.2) is 11.5 Å². The number of nitriles is 1. The van der Waals surface area contributed by atoms with Crippen molar-refractivity contribution in [2.24, 2.45) is 5.92 Å². The molecule has 1 atom stereocenters. The number of anilines is 3.